The molecule has 1 unspecified atom stereocenters. The maximum absolute atomic E-state index is 5.76. The predicted molar refractivity (Wildman–Crippen MR) is 107 cm³/mol. The Morgan fingerprint density at radius 2 is 0.786 bits per heavy atom. The molecule has 0 saturated carbocycles. The van der Waals surface area contributed by atoms with Crippen LogP contribution < -0.4 is 0 Å². The first-order chi connectivity index (χ1) is 13.8. The van der Waals surface area contributed by atoms with Crippen molar-refractivity contribution in [3.63, 3.8) is 0 Å². The highest BCUT2D eigenvalue weighted by atomic mass is 16.6. The van der Waals surface area contributed by atoms with Gasteiger partial charge >= 0.3 is 0 Å². The van der Waals surface area contributed by atoms with Crippen molar-refractivity contribution in [1.29, 1.82) is 0 Å². The Labute approximate surface area is 171 Å². The molecule has 170 valence electrons. The van der Waals surface area contributed by atoms with Crippen molar-refractivity contribution in [1.82, 2.24) is 0 Å². The van der Waals surface area contributed by atoms with E-state index in [-0.39, 0.29) is 6.10 Å². The van der Waals surface area contributed by atoms with Crippen molar-refractivity contribution in [2.24, 2.45) is 0 Å². The van der Waals surface area contributed by atoms with Crippen molar-refractivity contribution in [2.75, 3.05) is 99.1 Å². The van der Waals surface area contributed by atoms with Gasteiger partial charge in [-0.3, -0.25) is 0 Å². The highest BCUT2D eigenvalue weighted by molar-refractivity contribution is 4.53. The average molecular weight is 411 g/mol. The molecule has 0 aliphatic carbocycles. The number of hydrogen-bond acceptors (Lipinski definition) is 8. The summed E-state index contributed by atoms with van der Waals surface area (Å²) in [5.74, 6) is 0. The zero-order chi connectivity index (χ0) is 20.5. The van der Waals surface area contributed by atoms with E-state index >= 15 is 0 Å². The first-order valence-electron chi connectivity index (χ1n) is 10.5. The van der Waals surface area contributed by atoms with Crippen LogP contribution in [0.5, 0.6) is 0 Å². The normalized spacial score (nSPS) is 12.5. The molecule has 0 radical (unpaired) electrons. The Kier molecular flexibility index (Phi) is 24.4. The van der Waals surface area contributed by atoms with Crippen LogP contribution in [0, 0.1) is 0 Å². The summed E-state index contributed by atoms with van der Waals surface area (Å²) in [4.78, 5) is 0. The molecule has 0 aliphatic rings. The fourth-order valence-electron chi connectivity index (χ4n) is 2.06. The molecular formula is C20H42O8. The molecule has 0 amide bonds. The lowest BCUT2D eigenvalue weighted by Crippen LogP contribution is -2.23. The van der Waals surface area contributed by atoms with Crippen LogP contribution >= 0.6 is 0 Å². The molecule has 0 rings (SSSR count). The predicted octanol–water partition coefficient (Wildman–Crippen LogP) is 1.94. The smallest absolute Gasteiger partial charge is 0.0807 e. The zero-order valence-corrected chi connectivity index (χ0v) is 18.2. The number of hydrogen-bond donors (Lipinski definition) is 0. The van der Waals surface area contributed by atoms with Gasteiger partial charge in [0, 0.05) is 13.2 Å². The third kappa shape index (κ3) is 22.0. The van der Waals surface area contributed by atoms with Crippen molar-refractivity contribution in [2.45, 2.75) is 33.3 Å². The van der Waals surface area contributed by atoms with E-state index < -0.39 is 0 Å². The largest absolute Gasteiger partial charge is 0.379 e. The third-order valence-electron chi connectivity index (χ3n) is 3.61. The van der Waals surface area contributed by atoms with Gasteiger partial charge in [0.05, 0.1) is 92.0 Å². The molecule has 0 saturated heterocycles. The number of ether oxygens (including phenoxy) is 8. The quantitative estimate of drug-likeness (QED) is 0.224. The third-order valence-corrected chi connectivity index (χ3v) is 3.61. The van der Waals surface area contributed by atoms with Crippen molar-refractivity contribution in [3.8, 4) is 0 Å². The van der Waals surface area contributed by atoms with Gasteiger partial charge in [0.25, 0.3) is 0 Å². The maximum atomic E-state index is 5.76. The van der Waals surface area contributed by atoms with Gasteiger partial charge in [-0.2, -0.15) is 0 Å². The minimum absolute atomic E-state index is 0.0768. The topological polar surface area (TPSA) is 73.8 Å². The Morgan fingerprint density at radius 1 is 0.429 bits per heavy atom. The lowest BCUT2D eigenvalue weighted by molar-refractivity contribution is -0.0562. The van der Waals surface area contributed by atoms with Gasteiger partial charge in [0.2, 0.25) is 0 Å². The first kappa shape index (κ1) is 27.7. The van der Waals surface area contributed by atoms with Crippen molar-refractivity contribution >= 4 is 0 Å². The van der Waals surface area contributed by atoms with Crippen molar-refractivity contribution < 1.29 is 37.9 Å². The molecule has 0 bridgehead atoms. The van der Waals surface area contributed by atoms with Gasteiger partial charge in [0.15, 0.2) is 0 Å². The molecular weight excluding hydrogens is 368 g/mol. The van der Waals surface area contributed by atoms with Crippen LogP contribution in [0.25, 0.3) is 0 Å². The first-order valence-corrected chi connectivity index (χ1v) is 10.5. The van der Waals surface area contributed by atoms with Gasteiger partial charge < -0.3 is 37.9 Å². The lowest BCUT2D eigenvalue weighted by Gasteiger charge is -2.16. The maximum Gasteiger partial charge on any atom is 0.0807 e. The fraction of sp³-hybridized carbons (Fsp3) is 1.00. The van der Waals surface area contributed by atoms with E-state index in [1.807, 2.05) is 13.8 Å². The van der Waals surface area contributed by atoms with E-state index in [1.165, 1.54) is 0 Å². The zero-order valence-electron chi connectivity index (χ0n) is 18.2. The molecule has 1 atom stereocenters. The van der Waals surface area contributed by atoms with Crippen LogP contribution in [0.2, 0.25) is 0 Å². The molecule has 8 nitrogen and oxygen atoms in total. The molecule has 0 aromatic carbocycles. The molecule has 0 aromatic heterocycles. The van der Waals surface area contributed by atoms with E-state index in [9.17, 15) is 0 Å². The summed E-state index contributed by atoms with van der Waals surface area (Å²) >= 11 is 0. The molecule has 0 spiro atoms. The minimum Gasteiger partial charge on any atom is -0.379 e. The molecule has 0 fully saturated rings. The van der Waals surface area contributed by atoms with Crippen LogP contribution in [0.15, 0.2) is 0 Å². The van der Waals surface area contributed by atoms with Gasteiger partial charge in [0.1, 0.15) is 0 Å². The summed E-state index contributed by atoms with van der Waals surface area (Å²) in [6, 6.07) is 0. The Morgan fingerprint density at radius 3 is 1.18 bits per heavy atom. The minimum atomic E-state index is 0.0768. The molecule has 0 heterocycles. The molecule has 0 N–H and O–H groups in total. The van der Waals surface area contributed by atoms with Crippen LogP contribution in [-0.2, 0) is 37.9 Å². The summed E-state index contributed by atoms with van der Waals surface area (Å²) in [5, 5.41) is 0. The molecule has 0 aliphatic heterocycles. The highest BCUT2D eigenvalue weighted by Crippen LogP contribution is 1.99. The average Bonchev–Trinajstić information content (AvgIpc) is 2.71. The summed E-state index contributed by atoms with van der Waals surface area (Å²) < 4.78 is 43.4. The van der Waals surface area contributed by atoms with E-state index in [0.717, 1.165) is 19.6 Å². The van der Waals surface area contributed by atoms with Gasteiger partial charge in [-0.25, -0.2) is 0 Å². The highest BCUT2D eigenvalue weighted by Gasteiger charge is 2.06. The van der Waals surface area contributed by atoms with Gasteiger partial charge in [-0.05, 0) is 20.3 Å². The second-order valence-corrected chi connectivity index (χ2v) is 5.82. The van der Waals surface area contributed by atoms with E-state index in [2.05, 4.69) is 6.92 Å². The van der Waals surface area contributed by atoms with E-state index in [1.54, 1.807) is 0 Å². The van der Waals surface area contributed by atoms with Crippen LogP contribution in [0.4, 0.5) is 0 Å². The van der Waals surface area contributed by atoms with E-state index in [4.69, 9.17) is 37.9 Å². The van der Waals surface area contributed by atoms with Crippen LogP contribution in [-0.4, -0.2) is 105 Å². The van der Waals surface area contributed by atoms with Crippen LogP contribution in [0.1, 0.15) is 27.2 Å². The second-order valence-electron chi connectivity index (χ2n) is 5.82. The second kappa shape index (κ2) is 24.7. The van der Waals surface area contributed by atoms with Gasteiger partial charge in [-0.15, -0.1) is 0 Å². The molecule has 0 aromatic rings. The molecule has 28 heavy (non-hydrogen) atoms. The van der Waals surface area contributed by atoms with E-state index in [0.29, 0.717) is 85.9 Å². The fourth-order valence-corrected chi connectivity index (χ4v) is 2.06. The SMILES string of the molecule is CCOCCOCCOCCOCC(CC)OCCOCCOCCOCC. The lowest BCUT2D eigenvalue weighted by atomic mass is 10.3. The summed E-state index contributed by atoms with van der Waals surface area (Å²) in [5.41, 5.74) is 0. The Balaban J connectivity index is 3.27. The Bertz CT molecular complexity index is 281. The standard InChI is InChI=1S/C20H42O8/c1-4-20(28-18-17-26-14-13-24-10-8-22-6-3)19-27-16-15-25-12-11-23-9-7-21-5-2/h20H,4-19H2,1-3H3. The monoisotopic (exact) mass is 410 g/mol. The van der Waals surface area contributed by atoms with Crippen LogP contribution in [0.3, 0.4) is 0 Å². The summed E-state index contributed by atoms with van der Waals surface area (Å²) in [6.45, 7) is 15.0. The summed E-state index contributed by atoms with van der Waals surface area (Å²) in [6.07, 6.45) is 0.975. The van der Waals surface area contributed by atoms with Crippen molar-refractivity contribution in [3.05, 3.63) is 0 Å². The number of rotatable bonds is 24. The summed E-state index contributed by atoms with van der Waals surface area (Å²) in [7, 11) is 0. The molecule has 8 heteroatoms. The Hall–Kier alpha value is -0.320. The van der Waals surface area contributed by atoms with Gasteiger partial charge in [-0.1, -0.05) is 6.92 Å².